The topological polar surface area (TPSA) is 96.9 Å². The van der Waals surface area contributed by atoms with Crippen LogP contribution < -0.4 is 4.90 Å². The summed E-state index contributed by atoms with van der Waals surface area (Å²) in [5.74, 6) is 0.578. The summed E-state index contributed by atoms with van der Waals surface area (Å²) in [5.41, 5.74) is 3.42. The Morgan fingerprint density at radius 1 is 1.25 bits per heavy atom. The summed E-state index contributed by atoms with van der Waals surface area (Å²) in [6.07, 6.45) is 6.80. The van der Waals surface area contributed by atoms with E-state index in [0.29, 0.717) is 17.9 Å². The third-order valence-electron chi connectivity index (χ3n) is 6.73. The van der Waals surface area contributed by atoms with Crippen molar-refractivity contribution in [3.05, 3.63) is 47.7 Å². The smallest absolute Gasteiger partial charge is 0.416 e. The number of imidazole rings is 1. The number of nitriles is 1. The Balaban J connectivity index is 1.40. The molecule has 0 unspecified atom stereocenters. The first-order valence-electron chi connectivity index (χ1n) is 11.0. The Morgan fingerprint density at radius 3 is 2.88 bits per heavy atom. The quantitative estimate of drug-likeness (QED) is 0.615. The molecule has 5 rings (SSSR count). The lowest BCUT2D eigenvalue weighted by Crippen LogP contribution is -2.45. The molecule has 2 aromatic heterocycles. The Bertz CT molecular complexity index is 1260. The van der Waals surface area contributed by atoms with Crippen molar-refractivity contribution in [1.82, 2.24) is 19.5 Å². The number of nitrogens with zero attached hydrogens (tertiary/aromatic N) is 6. The van der Waals surface area contributed by atoms with Crippen molar-refractivity contribution in [1.29, 1.82) is 5.26 Å². The lowest BCUT2D eigenvalue weighted by Gasteiger charge is -2.43. The zero-order valence-corrected chi connectivity index (χ0v) is 18.6. The average Bonchev–Trinajstić information content (AvgIpc) is 3.27. The maximum Gasteiger partial charge on any atom is 0.416 e. The van der Waals surface area contributed by atoms with Crippen LogP contribution in [0.5, 0.6) is 0 Å². The highest BCUT2D eigenvalue weighted by molar-refractivity contribution is 5.89. The zero-order chi connectivity index (χ0) is 22.5. The SMILES string of the molecule is Cc1cnc(N2C[C@@]3(CCC[C@](C)(Cn4cnc5ccc(C#N)cc54)C3)OC2=O)c(C)n1. The van der Waals surface area contributed by atoms with Crippen LogP contribution in [0.25, 0.3) is 11.0 Å². The molecule has 0 N–H and O–H groups in total. The van der Waals surface area contributed by atoms with Gasteiger partial charge in [0.2, 0.25) is 0 Å². The first kappa shape index (κ1) is 20.4. The van der Waals surface area contributed by atoms with Crippen LogP contribution in [-0.4, -0.2) is 37.8 Å². The van der Waals surface area contributed by atoms with E-state index in [9.17, 15) is 10.1 Å². The second-order valence-electron chi connectivity index (χ2n) is 9.59. The second-order valence-corrected chi connectivity index (χ2v) is 9.59. The molecule has 1 spiro atoms. The number of hydrogen-bond acceptors (Lipinski definition) is 6. The standard InChI is InChI=1S/C24H26N6O2/c1-16-11-26-21(17(2)28-16)30-14-24(32-22(30)31)8-4-7-23(3,12-24)13-29-15-27-19-6-5-18(10-25)9-20(19)29/h5-6,9,11,15H,4,7-8,12-14H2,1-3H3/t23-,24-/m0/s1. The van der Waals surface area contributed by atoms with Gasteiger partial charge in [0.15, 0.2) is 5.82 Å². The van der Waals surface area contributed by atoms with Crippen molar-refractivity contribution in [2.75, 3.05) is 11.4 Å². The summed E-state index contributed by atoms with van der Waals surface area (Å²) in [4.78, 5) is 27.9. The van der Waals surface area contributed by atoms with Gasteiger partial charge in [-0.05, 0) is 63.1 Å². The first-order valence-corrected chi connectivity index (χ1v) is 11.0. The van der Waals surface area contributed by atoms with Crippen LogP contribution in [0.1, 0.15) is 49.6 Å². The summed E-state index contributed by atoms with van der Waals surface area (Å²) in [7, 11) is 0. The third kappa shape index (κ3) is 3.48. The molecule has 164 valence electrons. The summed E-state index contributed by atoms with van der Waals surface area (Å²) in [6.45, 7) is 7.25. The van der Waals surface area contributed by atoms with E-state index in [4.69, 9.17) is 4.74 Å². The van der Waals surface area contributed by atoms with Gasteiger partial charge >= 0.3 is 6.09 Å². The predicted molar refractivity (Wildman–Crippen MR) is 119 cm³/mol. The lowest BCUT2D eigenvalue weighted by molar-refractivity contribution is -0.0264. The van der Waals surface area contributed by atoms with Crippen molar-refractivity contribution in [2.45, 2.75) is 58.6 Å². The average molecular weight is 431 g/mol. The number of fused-ring (bicyclic) bond motifs is 1. The number of carbonyl (C=O) groups excluding carboxylic acids is 1. The molecule has 2 atom stereocenters. The summed E-state index contributed by atoms with van der Waals surface area (Å²) >= 11 is 0. The van der Waals surface area contributed by atoms with E-state index in [1.54, 1.807) is 17.2 Å². The van der Waals surface area contributed by atoms with E-state index < -0.39 is 5.60 Å². The fourth-order valence-electron chi connectivity index (χ4n) is 5.46. The largest absolute Gasteiger partial charge is 0.441 e. The highest BCUT2D eigenvalue weighted by Crippen LogP contribution is 2.48. The van der Waals surface area contributed by atoms with Gasteiger partial charge in [0.05, 0.1) is 53.1 Å². The van der Waals surface area contributed by atoms with Gasteiger partial charge in [-0.1, -0.05) is 6.92 Å². The van der Waals surface area contributed by atoms with Gasteiger partial charge in [-0.2, -0.15) is 5.26 Å². The zero-order valence-electron chi connectivity index (χ0n) is 18.6. The van der Waals surface area contributed by atoms with Crippen molar-refractivity contribution in [3.63, 3.8) is 0 Å². The maximum atomic E-state index is 12.8. The summed E-state index contributed by atoms with van der Waals surface area (Å²) < 4.78 is 8.16. The van der Waals surface area contributed by atoms with Gasteiger partial charge in [0.1, 0.15) is 5.60 Å². The molecule has 2 aliphatic rings. The minimum atomic E-state index is -0.530. The summed E-state index contributed by atoms with van der Waals surface area (Å²) in [6, 6.07) is 7.77. The van der Waals surface area contributed by atoms with Gasteiger partial charge in [-0.3, -0.25) is 9.88 Å². The van der Waals surface area contributed by atoms with Crippen molar-refractivity contribution in [2.24, 2.45) is 5.41 Å². The van der Waals surface area contributed by atoms with Crippen LogP contribution in [0.2, 0.25) is 0 Å². The van der Waals surface area contributed by atoms with Crippen LogP contribution in [-0.2, 0) is 11.3 Å². The van der Waals surface area contributed by atoms with Gasteiger partial charge in [0.25, 0.3) is 0 Å². The highest BCUT2D eigenvalue weighted by Gasteiger charge is 2.52. The lowest BCUT2D eigenvalue weighted by atomic mass is 9.68. The fourth-order valence-corrected chi connectivity index (χ4v) is 5.46. The highest BCUT2D eigenvalue weighted by atomic mass is 16.6. The third-order valence-corrected chi connectivity index (χ3v) is 6.73. The maximum absolute atomic E-state index is 12.8. The monoisotopic (exact) mass is 430 g/mol. The number of hydrogen-bond donors (Lipinski definition) is 0. The molecule has 1 amide bonds. The first-order chi connectivity index (χ1) is 15.3. The van der Waals surface area contributed by atoms with Crippen LogP contribution in [0.4, 0.5) is 10.6 Å². The van der Waals surface area contributed by atoms with E-state index in [1.807, 2.05) is 32.3 Å². The van der Waals surface area contributed by atoms with Crippen molar-refractivity contribution < 1.29 is 9.53 Å². The Hall–Kier alpha value is -3.47. The number of carbonyl (C=O) groups is 1. The Labute approximate surface area is 186 Å². The van der Waals surface area contributed by atoms with Crippen molar-refractivity contribution >= 4 is 22.9 Å². The number of benzene rings is 1. The molecule has 0 radical (unpaired) electrons. The molecule has 1 aromatic carbocycles. The molecule has 1 aliphatic heterocycles. The number of rotatable bonds is 3. The molecule has 32 heavy (non-hydrogen) atoms. The van der Waals surface area contributed by atoms with Gasteiger partial charge in [-0.25, -0.2) is 14.8 Å². The van der Waals surface area contributed by atoms with Crippen LogP contribution >= 0.6 is 0 Å². The predicted octanol–water partition coefficient (Wildman–Crippen LogP) is 4.29. The van der Waals surface area contributed by atoms with Gasteiger partial charge in [0, 0.05) is 6.54 Å². The van der Waals surface area contributed by atoms with E-state index in [0.717, 1.165) is 54.6 Å². The molecule has 1 saturated carbocycles. The molecule has 2 fully saturated rings. The molecule has 3 aromatic rings. The van der Waals surface area contributed by atoms with Gasteiger partial charge in [-0.15, -0.1) is 0 Å². The van der Waals surface area contributed by atoms with Crippen molar-refractivity contribution in [3.8, 4) is 6.07 Å². The molecule has 1 saturated heterocycles. The molecular formula is C24H26N6O2. The second kappa shape index (κ2) is 7.30. The Kier molecular flexibility index (Phi) is 4.66. The normalized spacial score (nSPS) is 25.3. The van der Waals surface area contributed by atoms with E-state index in [1.165, 1.54) is 0 Å². The minimum Gasteiger partial charge on any atom is -0.441 e. The number of amides is 1. The molecular weight excluding hydrogens is 404 g/mol. The minimum absolute atomic E-state index is 0.0706. The fraction of sp³-hybridized carbons (Fsp3) is 0.458. The molecule has 3 heterocycles. The number of ether oxygens (including phenoxy) is 1. The Morgan fingerprint density at radius 2 is 2.09 bits per heavy atom. The van der Waals surface area contributed by atoms with E-state index in [2.05, 4.69) is 32.5 Å². The molecule has 0 bridgehead atoms. The molecule has 1 aliphatic carbocycles. The number of aryl methyl sites for hydroxylation is 2. The number of anilines is 1. The summed E-state index contributed by atoms with van der Waals surface area (Å²) in [5, 5.41) is 9.27. The van der Waals surface area contributed by atoms with Crippen LogP contribution in [0.15, 0.2) is 30.7 Å². The van der Waals surface area contributed by atoms with E-state index in [-0.39, 0.29) is 11.5 Å². The van der Waals surface area contributed by atoms with E-state index >= 15 is 0 Å². The molecule has 8 heteroatoms. The van der Waals surface area contributed by atoms with Crippen LogP contribution in [0, 0.1) is 30.6 Å². The molecule has 8 nitrogen and oxygen atoms in total. The van der Waals surface area contributed by atoms with Crippen LogP contribution in [0.3, 0.4) is 0 Å². The number of aromatic nitrogens is 4. The van der Waals surface area contributed by atoms with Gasteiger partial charge < -0.3 is 9.30 Å².